The third-order valence-electron chi connectivity index (χ3n) is 8.23. The SMILES string of the molecule is CCCCC(CCCC)(CCCC)c1cccc(C(CCCC)(CCCC)CCCC)c1O. The van der Waals surface area contributed by atoms with Gasteiger partial charge >= 0.3 is 0 Å². The van der Waals surface area contributed by atoms with Crippen molar-refractivity contribution >= 4 is 0 Å². The molecule has 0 amide bonds. The third-order valence-corrected chi connectivity index (χ3v) is 8.23. The zero-order chi connectivity index (χ0) is 24.6. The van der Waals surface area contributed by atoms with Crippen LogP contribution >= 0.6 is 0 Å². The molecule has 0 aliphatic carbocycles. The fourth-order valence-electron chi connectivity index (χ4n) is 6.05. The quantitative estimate of drug-likeness (QED) is 0.206. The Kier molecular flexibility index (Phi) is 15.1. The summed E-state index contributed by atoms with van der Waals surface area (Å²) in [5, 5.41) is 12.1. The van der Waals surface area contributed by atoms with E-state index in [1.54, 1.807) is 0 Å². The molecule has 0 unspecified atom stereocenters. The highest BCUT2D eigenvalue weighted by molar-refractivity contribution is 5.49. The Hall–Kier alpha value is -0.980. The first-order chi connectivity index (χ1) is 16.0. The van der Waals surface area contributed by atoms with E-state index in [1.165, 1.54) is 127 Å². The lowest BCUT2D eigenvalue weighted by molar-refractivity contribution is 0.279. The number of phenolic OH excluding ortho intramolecular Hbond substituents is 1. The van der Waals surface area contributed by atoms with Gasteiger partial charge in [0.1, 0.15) is 5.75 Å². The molecule has 0 saturated carbocycles. The molecule has 0 aliphatic rings. The van der Waals surface area contributed by atoms with Crippen molar-refractivity contribution in [2.75, 3.05) is 0 Å². The van der Waals surface area contributed by atoms with Gasteiger partial charge in [0.2, 0.25) is 0 Å². The van der Waals surface area contributed by atoms with E-state index >= 15 is 0 Å². The molecule has 0 aromatic heterocycles. The average Bonchev–Trinajstić information content (AvgIpc) is 2.84. The van der Waals surface area contributed by atoms with Gasteiger partial charge in [-0.25, -0.2) is 0 Å². The van der Waals surface area contributed by atoms with Gasteiger partial charge in [-0.15, -0.1) is 0 Å². The first-order valence-corrected chi connectivity index (χ1v) is 14.8. The van der Waals surface area contributed by atoms with Crippen molar-refractivity contribution in [3.63, 3.8) is 0 Å². The molecule has 0 radical (unpaired) electrons. The van der Waals surface area contributed by atoms with Crippen LogP contribution in [0.2, 0.25) is 0 Å². The number of para-hydroxylation sites is 1. The maximum Gasteiger partial charge on any atom is 0.123 e. The minimum Gasteiger partial charge on any atom is -0.507 e. The van der Waals surface area contributed by atoms with Gasteiger partial charge in [0.15, 0.2) is 0 Å². The monoisotopic (exact) mass is 458 g/mol. The zero-order valence-electron chi connectivity index (χ0n) is 23.4. The Morgan fingerprint density at radius 2 is 0.727 bits per heavy atom. The highest BCUT2D eigenvalue weighted by Crippen LogP contribution is 2.50. The van der Waals surface area contributed by atoms with Crippen LogP contribution in [0.1, 0.15) is 168 Å². The van der Waals surface area contributed by atoms with E-state index in [0.29, 0.717) is 5.75 Å². The van der Waals surface area contributed by atoms with E-state index in [1.807, 2.05) is 0 Å². The number of hydrogen-bond donors (Lipinski definition) is 1. The predicted octanol–water partition coefficient (Wildman–Crippen LogP) is 11.0. The number of benzene rings is 1. The lowest BCUT2D eigenvalue weighted by atomic mass is 9.65. The van der Waals surface area contributed by atoms with E-state index in [9.17, 15) is 5.11 Å². The molecule has 33 heavy (non-hydrogen) atoms. The first kappa shape index (κ1) is 30.1. The molecule has 1 heteroatoms. The minimum absolute atomic E-state index is 0.133. The van der Waals surface area contributed by atoms with Crippen LogP contribution in [0.5, 0.6) is 5.75 Å². The minimum atomic E-state index is 0.133. The van der Waals surface area contributed by atoms with Gasteiger partial charge in [-0.1, -0.05) is 137 Å². The van der Waals surface area contributed by atoms with Gasteiger partial charge in [-0.2, -0.15) is 0 Å². The molecule has 0 atom stereocenters. The number of unbranched alkanes of at least 4 members (excludes halogenated alkanes) is 6. The molecule has 0 heterocycles. The van der Waals surface area contributed by atoms with E-state index < -0.39 is 0 Å². The Morgan fingerprint density at radius 1 is 0.485 bits per heavy atom. The Balaban J connectivity index is 3.65. The lowest BCUT2D eigenvalue weighted by Gasteiger charge is -2.40. The summed E-state index contributed by atoms with van der Waals surface area (Å²) in [7, 11) is 0. The summed E-state index contributed by atoms with van der Waals surface area (Å²) >= 11 is 0. The summed E-state index contributed by atoms with van der Waals surface area (Å²) in [6, 6.07) is 6.88. The van der Waals surface area contributed by atoms with Gasteiger partial charge in [-0.3, -0.25) is 0 Å². The topological polar surface area (TPSA) is 20.2 Å². The fourth-order valence-corrected chi connectivity index (χ4v) is 6.05. The summed E-state index contributed by atoms with van der Waals surface area (Å²) in [5.41, 5.74) is 2.83. The van der Waals surface area contributed by atoms with Crippen molar-refractivity contribution < 1.29 is 5.11 Å². The Bertz CT molecular complexity index is 523. The molecule has 0 spiro atoms. The molecular weight excluding hydrogens is 400 g/mol. The Morgan fingerprint density at radius 3 is 0.939 bits per heavy atom. The average molecular weight is 459 g/mol. The van der Waals surface area contributed by atoms with E-state index in [4.69, 9.17) is 0 Å². The summed E-state index contributed by atoms with van der Waals surface area (Å²) in [6.07, 6.45) is 22.2. The molecule has 1 aromatic carbocycles. The van der Waals surface area contributed by atoms with E-state index in [-0.39, 0.29) is 10.8 Å². The Labute approximate surface area is 208 Å². The second-order valence-corrected chi connectivity index (χ2v) is 10.9. The van der Waals surface area contributed by atoms with Crippen molar-refractivity contribution in [2.24, 2.45) is 0 Å². The van der Waals surface area contributed by atoms with Crippen LogP contribution in [0.3, 0.4) is 0 Å². The summed E-state index contributed by atoms with van der Waals surface area (Å²) in [6.45, 7) is 13.9. The molecule has 1 rings (SSSR count). The maximum atomic E-state index is 12.1. The van der Waals surface area contributed by atoms with Crippen molar-refractivity contribution in [1.29, 1.82) is 0 Å². The molecule has 192 valence electrons. The van der Waals surface area contributed by atoms with Gasteiger partial charge in [0.05, 0.1) is 0 Å². The number of aromatic hydroxyl groups is 1. The molecule has 0 fully saturated rings. The van der Waals surface area contributed by atoms with E-state index in [2.05, 4.69) is 59.7 Å². The molecule has 1 N–H and O–H groups in total. The molecule has 1 aromatic rings. The van der Waals surface area contributed by atoms with Crippen LogP contribution in [0.4, 0.5) is 0 Å². The predicted molar refractivity (Wildman–Crippen MR) is 149 cm³/mol. The van der Waals surface area contributed by atoms with Crippen LogP contribution in [0.15, 0.2) is 18.2 Å². The largest absolute Gasteiger partial charge is 0.507 e. The molecule has 0 bridgehead atoms. The zero-order valence-corrected chi connectivity index (χ0v) is 23.4. The summed E-state index contributed by atoms with van der Waals surface area (Å²) in [5.74, 6) is 0.670. The van der Waals surface area contributed by atoms with Gasteiger partial charge < -0.3 is 5.11 Å². The normalized spacial score (nSPS) is 12.4. The fraction of sp³-hybridized carbons (Fsp3) is 0.812. The van der Waals surface area contributed by atoms with Crippen molar-refractivity contribution in [2.45, 2.75) is 168 Å². The van der Waals surface area contributed by atoms with Crippen LogP contribution in [0.25, 0.3) is 0 Å². The van der Waals surface area contributed by atoms with Gasteiger partial charge in [0, 0.05) is 11.1 Å². The van der Waals surface area contributed by atoms with Crippen LogP contribution in [-0.4, -0.2) is 5.11 Å². The molecule has 0 saturated heterocycles. The summed E-state index contributed by atoms with van der Waals surface area (Å²) in [4.78, 5) is 0. The van der Waals surface area contributed by atoms with Crippen LogP contribution in [-0.2, 0) is 10.8 Å². The first-order valence-electron chi connectivity index (χ1n) is 14.8. The molecule has 0 aliphatic heterocycles. The lowest BCUT2D eigenvalue weighted by Crippen LogP contribution is -2.30. The second-order valence-electron chi connectivity index (χ2n) is 10.9. The highest BCUT2D eigenvalue weighted by atomic mass is 16.3. The second kappa shape index (κ2) is 16.6. The third kappa shape index (κ3) is 8.63. The smallest absolute Gasteiger partial charge is 0.123 e. The van der Waals surface area contributed by atoms with Gasteiger partial charge in [0.25, 0.3) is 0 Å². The van der Waals surface area contributed by atoms with Crippen molar-refractivity contribution in [3.05, 3.63) is 29.3 Å². The highest BCUT2D eigenvalue weighted by Gasteiger charge is 2.38. The van der Waals surface area contributed by atoms with E-state index in [0.717, 1.165) is 0 Å². The number of rotatable bonds is 20. The summed E-state index contributed by atoms with van der Waals surface area (Å²) < 4.78 is 0. The van der Waals surface area contributed by atoms with Crippen LogP contribution in [0, 0.1) is 0 Å². The van der Waals surface area contributed by atoms with Crippen LogP contribution < -0.4 is 0 Å². The van der Waals surface area contributed by atoms with Gasteiger partial charge in [-0.05, 0) is 49.4 Å². The molecular formula is C32H58O. The number of hydrogen-bond acceptors (Lipinski definition) is 1. The number of phenols is 1. The molecule has 1 nitrogen and oxygen atoms in total. The van der Waals surface area contributed by atoms with Crippen molar-refractivity contribution in [1.82, 2.24) is 0 Å². The standard InChI is InChI=1S/C32H58O/c1-7-13-22-31(23-14-8-2,24-15-9-3)28-20-19-21-29(30(28)33)32(25-16-10-4,26-17-11-5)27-18-12-6/h19-21,33H,7-18,22-27H2,1-6H3. The maximum absolute atomic E-state index is 12.1. The van der Waals surface area contributed by atoms with Crippen molar-refractivity contribution in [3.8, 4) is 5.75 Å².